The average Bonchev–Trinajstić information content (AvgIpc) is 3.21. The number of phenolic OH excluding ortho intramolecular Hbond substituents is 1. The van der Waals surface area contributed by atoms with Crippen LogP contribution >= 0.6 is 0 Å². The molecule has 1 heterocycles. The molecule has 0 spiro atoms. The van der Waals surface area contributed by atoms with Crippen LogP contribution in [0.5, 0.6) is 5.75 Å². The highest BCUT2D eigenvalue weighted by Crippen LogP contribution is 2.23. The van der Waals surface area contributed by atoms with Gasteiger partial charge in [0.25, 0.3) is 5.91 Å². The van der Waals surface area contributed by atoms with Crippen molar-refractivity contribution in [2.24, 2.45) is 0 Å². The number of amides is 1. The Labute approximate surface area is 139 Å². The van der Waals surface area contributed by atoms with Crippen LogP contribution in [-0.2, 0) is 12.8 Å². The van der Waals surface area contributed by atoms with Crippen LogP contribution in [0.4, 0.5) is 0 Å². The molecule has 24 heavy (non-hydrogen) atoms. The number of hydrogen-bond donors (Lipinski definition) is 3. The van der Waals surface area contributed by atoms with Crippen molar-refractivity contribution in [3.05, 3.63) is 71.4 Å². The molecule has 1 aromatic heterocycles. The first-order valence-corrected chi connectivity index (χ1v) is 7.91. The molecular formula is C19H17N3O2. The minimum atomic E-state index is -0.148. The van der Waals surface area contributed by atoms with E-state index in [-0.39, 0.29) is 17.7 Å². The molecule has 3 N–H and O–H groups in total. The largest absolute Gasteiger partial charge is 0.508 e. The van der Waals surface area contributed by atoms with Crippen molar-refractivity contribution in [2.45, 2.75) is 18.9 Å². The summed E-state index contributed by atoms with van der Waals surface area (Å²) < 4.78 is 0. The SMILES string of the molecule is O=C(NC1Cc2ccccc2C1)c1cc(-c2ccc(O)cc2)n[nH]1. The Morgan fingerprint density at radius 2 is 1.75 bits per heavy atom. The van der Waals surface area contributed by atoms with Crippen LogP contribution in [0.2, 0.25) is 0 Å². The van der Waals surface area contributed by atoms with Gasteiger partial charge in [0.2, 0.25) is 0 Å². The lowest BCUT2D eigenvalue weighted by molar-refractivity contribution is 0.0933. The van der Waals surface area contributed by atoms with Crippen LogP contribution in [-0.4, -0.2) is 27.3 Å². The standard InChI is InChI=1S/C19H17N3O2/c23-16-7-5-12(6-8-16)17-11-18(22-21-17)19(24)20-15-9-13-3-1-2-4-14(13)10-15/h1-8,11,15,23H,9-10H2,(H,20,24)(H,21,22). The first-order valence-electron chi connectivity index (χ1n) is 7.91. The minimum Gasteiger partial charge on any atom is -0.508 e. The third kappa shape index (κ3) is 2.76. The number of aromatic hydroxyl groups is 1. The number of H-pyrrole nitrogens is 1. The van der Waals surface area contributed by atoms with Gasteiger partial charge in [-0.05, 0) is 54.3 Å². The number of aromatic amines is 1. The van der Waals surface area contributed by atoms with E-state index in [4.69, 9.17) is 0 Å². The number of carbonyl (C=O) groups excluding carboxylic acids is 1. The van der Waals surface area contributed by atoms with E-state index in [1.807, 2.05) is 12.1 Å². The summed E-state index contributed by atoms with van der Waals surface area (Å²) >= 11 is 0. The quantitative estimate of drug-likeness (QED) is 0.694. The van der Waals surface area contributed by atoms with E-state index in [0.717, 1.165) is 18.4 Å². The number of phenols is 1. The number of rotatable bonds is 3. The average molecular weight is 319 g/mol. The summed E-state index contributed by atoms with van der Waals surface area (Å²) in [6, 6.07) is 16.9. The molecule has 1 aliphatic carbocycles. The molecule has 1 amide bonds. The highest BCUT2D eigenvalue weighted by atomic mass is 16.3. The Morgan fingerprint density at radius 1 is 1.08 bits per heavy atom. The number of aromatic nitrogens is 2. The Hall–Kier alpha value is -3.08. The van der Waals surface area contributed by atoms with Gasteiger partial charge in [-0.1, -0.05) is 24.3 Å². The van der Waals surface area contributed by atoms with Gasteiger partial charge in [-0.2, -0.15) is 5.10 Å². The molecular weight excluding hydrogens is 302 g/mol. The lowest BCUT2D eigenvalue weighted by Gasteiger charge is -2.10. The van der Waals surface area contributed by atoms with Crippen LogP contribution < -0.4 is 5.32 Å². The zero-order valence-corrected chi connectivity index (χ0v) is 13.0. The van der Waals surface area contributed by atoms with Gasteiger partial charge in [0.1, 0.15) is 11.4 Å². The number of fused-ring (bicyclic) bond motifs is 1. The van der Waals surface area contributed by atoms with Crippen molar-refractivity contribution in [1.82, 2.24) is 15.5 Å². The molecule has 120 valence electrons. The maximum Gasteiger partial charge on any atom is 0.269 e. The van der Waals surface area contributed by atoms with Gasteiger partial charge in [-0.3, -0.25) is 9.89 Å². The lowest BCUT2D eigenvalue weighted by Crippen LogP contribution is -2.35. The van der Waals surface area contributed by atoms with Gasteiger partial charge in [0, 0.05) is 11.6 Å². The van der Waals surface area contributed by atoms with Crippen molar-refractivity contribution >= 4 is 5.91 Å². The van der Waals surface area contributed by atoms with Crippen molar-refractivity contribution in [3.8, 4) is 17.0 Å². The Balaban J connectivity index is 1.45. The van der Waals surface area contributed by atoms with Crippen molar-refractivity contribution in [2.75, 3.05) is 0 Å². The topological polar surface area (TPSA) is 78.0 Å². The molecule has 4 rings (SSSR count). The molecule has 0 unspecified atom stereocenters. The molecule has 5 heteroatoms. The Bertz CT molecular complexity index is 859. The van der Waals surface area contributed by atoms with Gasteiger partial charge < -0.3 is 10.4 Å². The van der Waals surface area contributed by atoms with Crippen LogP contribution in [0.25, 0.3) is 11.3 Å². The van der Waals surface area contributed by atoms with E-state index in [9.17, 15) is 9.90 Å². The Kier molecular flexibility index (Phi) is 3.54. The number of carbonyl (C=O) groups is 1. The van der Waals surface area contributed by atoms with Gasteiger partial charge in [0.05, 0.1) is 5.69 Å². The number of hydrogen-bond acceptors (Lipinski definition) is 3. The monoisotopic (exact) mass is 319 g/mol. The number of benzene rings is 2. The van der Waals surface area contributed by atoms with Crippen LogP contribution in [0.15, 0.2) is 54.6 Å². The van der Waals surface area contributed by atoms with E-state index in [2.05, 4.69) is 27.6 Å². The first-order chi connectivity index (χ1) is 11.7. The fraction of sp³-hybridized carbons (Fsp3) is 0.158. The maximum absolute atomic E-state index is 12.4. The predicted molar refractivity (Wildman–Crippen MR) is 90.8 cm³/mol. The molecule has 0 fully saturated rings. The molecule has 0 aliphatic heterocycles. The lowest BCUT2D eigenvalue weighted by atomic mass is 10.1. The highest BCUT2D eigenvalue weighted by molar-refractivity contribution is 5.93. The summed E-state index contributed by atoms with van der Waals surface area (Å²) in [4.78, 5) is 12.4. The van der Waals surface area contributed by atoms with Gasteiger partial charge in [-0.25, -0.2) is 0 Å². The van der Waals surface area contributed by atoms with Crippen LogP contribution in [0, 0.1) is 0 Å². The fourth-order valence-corrected chi connectivity index (χ4v) is 3.14. The normalized spacial score (nSPS) is 13.7. The zero-order chi connectivity index (χ0) is 16.5. The third-order valence-electron chi connectivity index (χ3n) is 4.37. The van der Waals surface area contributed by atoms with Gasteiger partial charge in [0.15, 0.2) is 0 Å². The van der Waals surface area contributed by atoms with Crippen LogP contribution in [0.1, 0.15) is 21.6 Å². The van der Waals surface area contributed by atoms with Crippen molar-refractivity contribution in [3.63, 3.8) is 0 Å². The van der Waals surface area contributed by atoms with Crippen molar-refractivity contribution < 1.29 is 9.90 Å². The number of nitrogens with one attached hydrogen (secondary N) is 2. The zero-order valence-electron chi connectivity index (χ0n) is 13.0. The first kappa shape index (κ1) is 14.5. The molecule has 0 atom stereocenters. The molecule has 0 radical (unpaired) electrons. The maximum atomic E-state index is 12.4. The Morgan fingerprint density at radius 3 is 2.42 bits per heavy atom. The van der Waals surface area contributed by atoms with Gasteiger partial charge in [-0.15, -0.1) is 0 Å². The fourth-order valence-electron chi connectivity index (χ4n) is 3.14. The molecule has 3 aromatic rings. The van der Waals surface area contributed by atoms with Crippen molar-refractivity contribution in [1.29, 1.82) is 0 Å². The molecule has 2 aromatic carbocycles. The molecule has 0 bridgehead atoms. The second kappa shape index (κ2) is 5.85. The van der Waals surface area contributed by atoms with Crippen LogP contribution in [0.3, 0.4) is 0 Å². The van der Waals surface area contributed by atoms with E-state index in [0.29, 0.717) is 11.4 Å². The summed E-state index contributed by atoms with van der Waals surface area (Å²) in [6.07, 6.45) is 1.72. The second-order valence-corrected chi connectivity index (χ2v) is 6.06. The minimum absolute atomic E-state index is 0.121. The number of nitrogens with zero attached hydrogens (tertiary/aromatic N) is 1. The molecule has 1 aliphatic rings. The molecule has 5 nitrogen and oxygen atoms in total. The van der Waals surface area contributed by atoms with E-state index < -0.39 is 0 Å². The summed E-state index contributed by atoms with van der Waals surface area (Å²) in [6.45, 7) is 0. The molecule has 0 saturated heterocycles. The third-order valence-corrected chi connectivity index (χ3v) is 4.37. The summed E-state index contributed by atoms with van der Waals surface area (Å²) in [7, 11) is 0. The highest BCUT2D eigenvalue weighted by Gasteiger charge is 2.23. The smallest absolute Gasteiger partial charge is 0.269 e. The predicted octanol–water partition coefficient (Wildman–Crippen LogP) is 2.68. The summed E-state index contributed by atoms with van der Waals surface area (Å²) in [5, 5.41) is 19.4. The summed E-state index contributed by atoms with van der Waals surface area (Å²) in [5.41, 5.74) is 4.56. The summed E-state index contributed by atoms with van der Waals surface area (Å²) in [5.74, 6) is 0.0541. The van der Waals surface area contributed by atoms with E-state index in [1.54, 1.807) is 30.3 Å². The second-order valence-electron chi connectivity index (χ2n) is 6.06. The van der Waals surface area contributed by atoms with Gasteiger partial charge >= 0.3 is 0 Å². The van der Waals surface area contributed by atoms with E-state index >= 15 is 0 Å². The molecule has 0 saturated carbocycles. The van der Waals surface area contributed by atoms with E-state index in [1.165, 1.54) is 11.1 Å².